The molecule has 0 saturated carbocycles. The van der Waals surface area contributed by atoms with Crippen LogP contribution in [0.2, 0.25) is 3.48 Å². The Balaban J connectivity index is 2.86. The second-order valence-electron chi connectivity index (χ2n) is 5.01. The third-order valence-electron chi connectivity index (χ3n) is 3.26. The normalized spacial score (nSPS) is 19.9. The summed E-state index contributed by atoms with van der Waals surface area (Å²) in [6.45, 7) is 3.86. The quantitative estimate of drug-likeness (QED) is 0.292. The van der Waals surface area contributed by atoms with Crippen LogP contribution in [0, 0.1) is 0 Å². The number of nitrogens with zero attached hydrogens (tertiary/aromatic N) is 2. The van der Waals surface area contributed by atoms with Crippen molar-refractivity contribution in [1.29, 1.82) is 0 Å². The Hall–Kier alpha value is -0.998. The van der Waals surface area contributed by atoms with E-state index in [1.165, 1.54) is 23.8 Å². The van der Waals surface area contributed by atoms with Gasteiger partial charge in [0.15, 0.2) is 0 Å². The molecule has 8 heteroatoms. The second-order valence-corrected chi connectivity index (χ2v) is 8.38. The number of Topliss-reactive ketones (excluding diaryl/α,β-unsaturated/α-hetero) is 1. The first kappa shape index (κ1) is 18.1. The second kappa shape index (κ2) is 7.85. The minimum atomic E-state index is -0.788. The van der Waals surface area contributed by atoms with E-state index in [1.807, 2.05) is 6.92 Å². The Morgan fingerprint density at radius 2 is 1.90 bits per heavy atom. The first-order valence-corrected chi connectivity index (χ1v) is 8.89. The summed E-state index contributed by atoms with van der Waals surface area (Å²) in [4.78, 5) is 50.0. The van der Waals surface area contributed by atoms with Crippen molar-refractivity contribution in [1.82, 2.24) is 9.80 Å². The molecule has 1 aliphatic rings. The maximum absolute atomic E-state index is 12.2. The molecule has 0 aromatic carbocycles. The van der Waals surface area contributed by atoms with Gasteiger partial charge in [0, 0.05) is 0 Å². The van der Waals surface area contributed by atoms with Crippen LogP contribution in [-0.2, 0) is 23.9 Å². The predicted molar refractivity (Wildman–Crippen MR) is 74.6 cm³/mol. The molecule has 2 unspecified atom stereocenters. The zero-order chi connectivity index (χ0) is 16.2. The average molecular weight is 491 g/mol. The Morgan fingerprint density at radius 3 is 2.38 bits per heavy atom. The summed E-state index contributed by atoms with van der Waals surface area (Å²) in [6, 6.07) is -0.788. The number of esters is 1. The molecule has 7 nitrogen and oxygen atoms in total. The summed E-state index contributed by atoms with van der Waals surface area (Å²) >= 11 is 0.696. The van der Waals surface area contributed by atoms with Crippen molar-refractivity contribution in [2.75, 3.05) is 26.7 Å². The number of amides is 2. The van der Waals surface area contributed by atoms with Crippen molar-refractivity contribution >= 4 is 49.3 Å². The van der Waals surface area contributed by atoms with E-state index in [0.29, 0.717) is 32.3 Å². The van der Waals surface area contributed by atoms with Crippen molar-refractivity contribution in [2.24, 2.45) is 0 Å². The Kier molecular flexibility index (Phi) is 6.75. The number of carbonyl (C=O) groups is 4. The van der Waals surface area contributed by atoms with Gasteiger partial charge in [-0.3, -0.25) is 0 Å². The van der Waals surface area contributed by atoms with Gasteiger partial charge in [0.1, 0.15) is 0 Å². The van der Waals surface area contributed by atoms with E-state index >= 15 is 0 Å². The number of hydrogen-bond acceptors (Lipinski definition) is 5. The molecule has 3 radical (unpaired) electrons. The fourth-order valence-corrected chi connectivity index (χ4v) is 2.83. The molecule has 0 aliphatic carbocycles. The minimum absolute atomic E-state index is 0.0821. The molecule has 0 bridgehead atoms. The maximum atomic E-state index is 12.2. The van der Waals surface area contributed by atoms with Crippen LogP contribution in [-0.4, -0.2) is 91.9 Å². The summed E-state index contributed by atoms with van der Waals surface area (Å²) in [5, 5.41) is 0. The van der Waals surface area contributed by atoms with Crippen molar-refractivity contribution in [2.45, 2.75) is 29.8 Å². The number of ketones is 1. The van der Waals surface area contributed by atoms with Crippen LogP contribution in [0.1, 0.15) is 20.3 Å². The van der Waals surface area contributed by atoms with Crippen molar-refractivity contribution in [3.63, 3.8) is 0 Å². The summed E-state index contributed by atoms with van der Waals surface area (Å²) in [5.41, 5.74) is 0. The van der Waals surface area contributed by atoms with Gasteiger partial charge in [-0.05, 0) is 0 Å². The Bertz CT molecular complexity index is 452. The molecule has 21 heavy (non-hydrogen) atoms. The summed E-state index contributed by atoms with van der Waals surface area (Å²) < 4.78 is 4.63. The number of rotatable bonds is 4. The number of hydrogen-bond donors (Lipinski definition) is 0. The standard InChI is InChI=1S/C13H19N2O5.Pb/c1-4-11(17)15-6-5-14(12(18)7-9(2)16)8-10(15)13(19)20-3;/h4,10H,5-8H2,1-3H3;. The fraction of sp³-hybridized carbons (Fsp3) is 0.692. The number of carbonyl (C=O) groups excluding carboxylic acids is 4. The van der Waals surface area contributed by atoms with Crippen LogP contribution < -0.4 is 0 Å². The molecule has 115 valence electrons. The molecule has 1 rings (SSSR count). The average Bonchev–Trinajstić information content (AvgIpc) is 2.44. The zero-order valence-electron chi connectivity index (χ0n) is 12.4. The van der Waals surface area contributed by atoms with Gasteiger partial charge in [0.25, 0.3) is 0 Å². The van der Waals surface area contributed by atoms with E-state index in [-0.39, 0.29) is 40.6 Å². The molecule has 1 aliphatic heterocycles. The van der Waals surface area contributed by atoms with E-state index in [2.05, 4.69) is 0 Å². The molecule has 1 heterocycles. The van der Waals surface area contributed by atoms with Gasteiger partial charge in [-0.15, -0.1) is 0 Å². The van der Waals surface area contributed by atoms with E-state index in [1.54, 1.807) is 0 Å². The van der Waals surface area contributed by atoms with Crippen molar-refractivity contribution in [3.8, 4) is 0 Å². The number of piperazine rings is 1. The van der Waals surface area contributed by atoms with Gasteiger partial charge < -0.3 is 0 Å². The molecule has 0 aromatic rings. The molecule has 0 N–H and O–H groups in total. The SMILES string of the molecule is COC(=O)C1CN(C(=O)CC(C)=O)CCN1C(=O)[CH](C)[Pb]. The Labute approximate surface area is 139 Å². The van der Waals surface area contributed by atoms with Crippen molar-refractivity contribution < 1.29 is 23.9 Å². The first-order valence-electron chi connectivity index (χ1n) is 6.64. The van der Waals surface area contributed by atoms with Gasteiger partial charge >= 0.3 is 140 Å². The monoisotopic (exact) mass is 491 g/mol. The van der Waals surface area contributed by atoms with Gasteiger partial charge in [-0.2, -0.15) is 0 Å². The van der Waals surface area contributed by atoms with Crippen LogP contribution in [0.25, 0.3) is 0 Å². The molecular formula is C13H19N2O5Pb. The molecule has 1 fully saturated rings. The van der Waals surface area contributed by atoms with Crippen LogP contribution in [0.4, 0.5) is 0 Å². The van der Waals surface area contributed by atoms with Gasteiger partial charge in [-0.1, -0.05) is 0 Å². The predicted octanol–water partition coefficient (Wildman–Crippen LogP) is -0.845. The molecular weight excluding hydrogens is 471 g/mol. The summed E-state index contributed by atoms with van der Waals surface area (Å²) in [6.07, 6.45) is -0.182. The number of methoxy groups -OCH3 is 1. The third-order valence-corrected chi connectivity index (χ3v) is 4.22. The molecule has 0 aromatic heterocycles. The van der Waals surface area contributed by atoms with Crippen LogP contribution in [0.15, 0.2) is 0 Å². The zero-order valence-corrected chi connectivity index (χ0v) is 16.3. The third kappa shape index (κ3) is 4.75. The van der Waals surface area contributed by atoms with E-state index in [9.17, 15) is 19.2 Å². The van der Waals surface area contributed by atoms with Crippen LogP contribution >= 0.6 is 0 Å². The van der Waals surface area contributed by atoms with Gasteiger partial charge in [-0.25, -0.2) is 0 Å². The molecule has 0 spiro atoms. The number of ether oxygens (including phenoxy) is 1. The van der Waals surface area contributed by atoms with E-state index in [0.717, 1.165) is 0 Å². The first-order chi connectivity index (χ1) is 9.77. The topological polar surface area (TPSA) is 84.0 Å². The van der Waals surface area contributed by atoms with E-state index in [4.69, 9.17) is 4.74 Å². The molecule has 2 amide bonds. The van der Waals surface area contributed by atoms with Gasteiger partial charge in [0.05, 0.1) is 0 Å². The molecule has 1 saturated heterocycles. The van der Waals surface area contributed by atoms with Gasteiger partial charge in [0.2, 0.25) is 0 Å². The van der Waals surface area contributed by atoms with E-state index < -0.39 is 12.0 Å². The van der Waals surface area contributed by atoms with Crippen molar-refractivity contribution in [3.05, 3.63) is 0 Å². The summed E-state index contributed by atoms with van der Waals surface area (Å²) in [7, 11) is 1.26. The Morgan fingerprint density at radius 1 is 1.29 bits per heavy atom. The summed E-state index contributed by atoms with van der Waals surface area (Å²) in [5.74, 6) is -1.16. The fourth-order valence-electron chi connectivity index (χ4n) is 2.18. The van der Waals surface area contributed by atoms with Crippen LogP contribution in [0.3, 0.4) is 0 Å². The van der Waals surface area contributed by atoms with Crippen LogP contribution in [0.5, 0.6) is 0 Å². The molecule has 2 atom stereocenters.